The molecule has 33 heavy (non-hydrogen) atoms. The first-order valence-corrected chi connectivity index (χ1v) is 10.6. The van der Waals surface area contributed by atoms with Gasteiger partial charge in [0.25, 0.3) is 5.91 Å². The van der Waals surface area contributed by atoms with Gasteiger partial charge in [0, 0.05) is 17.0 Å². The Kier molecular flexibility index (Phi) is 6.33. The molecule has 4 rings (SSSR count). The van der Waals surface area contributed by atoms with Crippen molar-refractivity contribution in [2.45, 2.75) is 37.9 Å². The van der Waals surface area contributed by atoms with Crippen LogP contribution in [-0.2, 0) is 17.4 Å². The van der Waals surface area contributed by atoms with Crippen LogP contribution in [-0.4, -0.2) is 28.0 Å². The van der Waals surface area contributed by atoms with Crippen LogP contribution in [0.25, 0.3) is 10.9 Å². The third kappa shape index (κ3) is 4.98. The normalized spacial score (nSPS) is 18.3. The standard InChI is InChI=1S/C24H22F3N3O3/c25-24(26,27)21-13-16(17-4-1-2-6-19(17)28-21)12-14-8-10-15(11-9-14)22(31)29-20-7-3-5-18(20)23(32)30-33/h1-2,4,6,8-11,13,18,20,33H,3,5,7,12H2,(H,29,31)(H,30,32). The van der Waals surface area contributed by atoms with Crippen molar-refractivity contribution in [1.29, 1.82) is 0 Å². The minimum absolute atomic E-state index is 0.245. The molecule has 9 heteroatoms. The number of nitrogens with one attached hydrogen (secondary N) is 2. The Balaban J connectivity index is 1.52. The van der Waals surface area contributed by atoms with Crippen LogP contribution < -0.4 is 10.8 Å². The summed E-state index contributed by atoms with van der Waals surface area (Å²) >= 11 is 0. The number of nitrogens with zero attached hydrogens (tertiary/aromatic N) is 1. The van der Waals surface area contributed by atoms with Crippen LogP contribution >= 0.6 is 0 Å². The van der Waals surface area contributed by atoms with Gasteiger partial charge in [-0.05, 0) is 54.7 Å². The molecule has 0 spiro atoms. The van der Waals surface area contributed by atoms with Gasteiger partial charge in [0.1, 0.15) is 5.69 Å². The van der Waals surface area contributed by atoms with Crippen molar-refractivity contribution < 1.29 is 28.0 Å². The van der Waals surface area contributed by atoms with E-state index in [1.54, 1.807) is 54.0 Å². The Morgan fingerprint density at radius 2 is 1.79 bits per heavy atom. The topological polar surface area (TPSA) is 91.3 Å². The predicted octanol–water partition coefficient (Wildman–Crippen LogP) is 4.25. The maximum Gasteiger partial charge on any atom is 0.433 e. The molecule has 0 radical (unpaired) electrons. The SMILES string of the molecule is O=C(NC1CCCC1C(=O)NO)c1ccc(Cc2cc(C(F)(F)F)nc3ccccc23)cc1. The zero-order chi connectivity index (χ0) is 23.6. The van der Waals surface area contributed by atoms with Gasteiger partial charge in [-0.25, -0.2) is 10.5 Å². The molecule has 1 saturated carbocycles. The highest BCUT2D eigenvalue weighted by molar-refractivity contribution is 5.95. The lowest BCUT2D eigenvalue weighted by Gasteiger charge is -2.19. The van der Waals surface area contributed by atoms with E-state index < -0.39 is 23.7 Å². The van der Waals surface area contributed by atoms with Gasteiger partial charge in [0.05, 0.1) is 11.4 Å². The molecule has 2 aromatic carbocycles. The average molecular weight is 457 g/mol. The fraction of sp³-hybridized carbons (Fsp3) is 0.292. The summed E-state index contributed by atoms with van der Waals surface area (Å²) in [6.07, 6.45) is -2.32. The van der Waals surface area contributed by atoms with E-state index in [-0.39, 0.29) is 23.9 Å². The smallest absolute Gasteiger partial charge is 0.349 e. The molecule has 0 bridgehead atoms. The van der Waals surface area contributed by atoms with E-state index in [4.69, 9.17) is 5.21 Å². The number of amides is 2. The molecule has 1 aromatic heterocycles. The van der Waals surface area contributed by atoms with Crippen molar-refractivity contribution in [3.05, 3.63) is 77.0 Å². The van der Waals surface area contributed by atoms with Crippen molar-refractivity contribution in [1.82, 2.24) is 15.8 Å². The van der Waals surface area contributed by atoms with Crippen molar-refractivity contribution in [3.8, 4) is 0 Å². The number of hydrogen-bond acceptors (Lipinski definition) is 4. The lowest BCUT2D eigenvalue weighted by molar-refractivity contribution is -0.141. The Labute approximate surface area is 187 Å². The summed E-state index contributed by atoms with van der Waals surface area (Å²) in [6.45, 7) is 0. The first-order chi connectivity index (χ1) is 15.8. The molecule has 3 N–H and O–H groups in total. The summed E-state index contributed by atoms with van der Waals surface area (Å²) < 4.78 is 39.9. The summed E-state index contributed by atoms with van der Waals surface area (Å²) in [5, 5.41) is 12.3. The second-order valence-electron chi connectivity index (χ2n) is 8.15. The number of alkyl halides is 3. The van der Waals surface area contributed by atoms with Crippen molar-refractivity contribution >= 4 is 22.7 Å². The lowest BCUT2D eigenvalue weighted by atomic mass is 9.98. The number of aromatic nitrogens is 1. The Hall–Kier alpha value is -3.46. The number of halogens is 3. The van der Waals surface area contributed by atoms with Crippen LogP contribution in [0.2, 0.25) is 0 Å². The molecule has 2 amide bonds. The maximum absolute atomic E-state index is 13.3. The first kappa shape index (κ1) is 22.7. The molecule has 2 unspecified atom stereocenters. The monoisotopic (exact) mass is 457 g/mol. The van der Waals surface area contributed by atoms with Crippen molar-refractivity contribution in [2.24, 2.45) is 5.92 Å². The van der Waals surface area contributed by atoms with Crippen molar-refractivity contribution in [2.75, 3.05) is 0 Å². The van der Waals surface area contributed by atoms with E-state index in [0.717, 1.165) is 18.1 Å². The minimum Gasteiger partial charge on any atom is -0.349 e. The van der Waals surface area contributed by atoms with Gasteiger partial charge < -0.3 is 5.32 Å². The molecule has 0 saturated heterocycles. The van der Waals surface area contributed by atoms with E-state index >= 15 is 0 Å². The van der Waals surface area contributed by atoms with Crippen LogP contribution in [0, 0.1) is 5.92 Å². The lowest BCUT2D eigenvalue weighted by Crippen LogP contribution is -2.43. The maximum atomic E-state index is 13.3. The molecular formula is C24H22F3N3O3. The summed E-state index contributed by atoms with van der Waals surface area (Å²) in [4.78, 5) is 28.1. The van der Waals surface area contributed by atoms with Crippen LogP contribution in [0.4, 0.5) is 13.2 Å². The van der Waals surface area contributed by atoms with Crippen molar-refractivity contribution in [3.63, 3.8) is 0 Å². The highest BCUT2D eigenvalue weighted by atomic mass is 19.4. The summed E-state index contributed by atoms with van der Waals surface area (Å²) in [6, 6.07) is 14.0. The number of hydroxylamine groups is 1. The number of rotatable bonds is 5. The van der Waals surface area contributed by atoms with Gasteiger partial charge in [0.15, 0.2) is 0 Å². The predicted molar refractivity (Wildman–Crippen MR) is 115 cm³/mol. The molecular weight excluding hydrogens is 435 g/mol. The fourth-order valence-electron chi connectivity index (χ4n) is 4.31. The van der Waals surface area contributed by atoms with E-state index in [0.29, 0.717) is 29.4 Å². The van der Waals surface area contributed by atoms with Gasteiger partial charge in [-0.1, -0.05) is 36.8 Å². The molecule has 172 valence electrons. The summed E-state index contributed by atoms with van der Waals surface area (Å²) in [5.74, 6) is -1.35. The number of pyridine rings is 1. The average Bonchev–Trinajstić information content (AvgIpc) is 3.26. The molecule has 6 nitrogen and oxygen atoms in total. The zero-order valence-corrected chi connectivity index (χ0v) is 17.5. The second kappa shape index (κ2) is 9.19. The van der Waals surface area contributed by atoms with Crippen LogP contribution in [0.1, 0.15) is 46.4 Å². The zero-order valence-electron chi connectivity index (χ0n) is 17.5. The van der Waals surface area contributed by atoms with Gasteiger partial charge >= 0.3 is 6.18 Å². The third-order valence-corrected chi connectivity index (χ3v) is 5.98. The molecule has 3 aromatic rings. The largest absolute Gasteiger partial charge is 0.433 e. The van der Waals surface area contributed by atoms with E-state index in [2.05, 4.69) is 10.3 Å². The number of carbonyl (C=O) groups excluding carboxylic acids is 2. The first-order valence-electron chi connectivity index (χ1n) is 10.6. The Bertz CT molecular complexity index is 1180. The van der Waals surface area contributed by atoms with E-state index in [9.17, 15) is 22.8 Å². The number of carbonyl (C=O) groups is 2. The van der Waals surface area contributed by atoms with E-state index in [1.807, 2.05) is 0 Å². The minimum atomic E-state index is -4.55. The molecule has 2 atom stereocenters. The van der Waals surface area contributed by atoms with Gasteiger partial charge in [-0.2, -0.15) is 13.2 Å². The number of hydrogen-bond donors (Lipinski definition) is 3. The highest BCUT2D eigenvalue weighted by Gasteiger charge is 2.34. The highest BCUT2D eigenvalue weighted by Crippen LogP contribution is 2.32. The molecule has 1 aliphatic rings. The molecule has 1 heterocycles. The van der Waals surface area contributed by atoms with Gasteiger partial charge in [-0.3, -0.25) is 14.8 Å². The fourth-order valence-corrected chi connectivity index (χ4v) is 4.31. The number of fused-ring (bicyclic) bond motifs is 1. The van der Waals surface area contributed by atoms with Crippen LogP contribution in [0.5, 0.6) is 0 Å². The molecule has 1 fully saturated rings. The number of benzene rings is 2. The quantitative estimate of drug-likeness (QED) is 0.395. The van der Waals surface area contributed by atoms with E-state index in [1.165, 1.54) is 0 Å². The van der Waals surface area contributed by atoms with Gasteiger partial charge in [0.2, 0.25) is 5.91 Å². The van der Waals surface area contributed by atoms with Gasteiger partial charge in [-0.15, -0.1) is 0 Å². The molecule has 0 aliphatic heterocycles. The summed E-state index contributed by atoms with van der Waals surface area (Å²) in [7, 11) is 0. The second-order valence-corrected chi connectivity index (χ2v) is 8.15. The number of para-hydroxylation sites is 1. The summed E-state index contributed by atoms with van der Waals surface area (Å²) in [5.41, 5.74) is 2.59. The third-order valence-electron chi connectivity index (χ3n) is 5.98. The Morgan fingerprint density at radius 3 is 2.48 bits per heavy atom. The molecule has 1 aliphatic carbocycles. The van der Waals surface area contributed by atoms with Crippen LogP contribution in [0.3, 0.4) is 0 Å². The Morgan fingerprint density at radius 1 is 1.06 bits per heavy atom. The van der Waals surface area contributed by atoms with Crippen LogP contribution in [0.15, 0.2) is 54.6 Å².